The Hall–Kier alpha value is -2.85. The molecule has 0 unspecified atom stereocenters. The Kier molecular flexibility index (Phi) is 6.63. The minimum Gasteiger partial charge on any atom is -0.372 e. The lowest BCUT2D eigenvalue weighted by Gasteiger charge is -2.35. The fourth-order valence-electron chi connectivity index (χ4n) is 5.18. The van der Waals surface area contributed by atoms with E-state index < -0.39 is 0 Å². The van der Waals surface area contributed by atoms with Gasteiger partial charge in [-0.05, 0) is 73.5 Å². The van der Waals surface area contributed by atoms with Crippen LogP contribution in [0.4, 0.5) is 11.5 Å². The Morgan fingerprint density at radius 1 is 0.848 bits per heavy atom. The van der Waals surface area contributed by atoms with Gasteiger partial charge in [0, 0.05) is 50.3 Å². The summed E-state index contributed by atoms with van der Waals surface area (Å²) >= 11 is 0. The molecule has 0 amide bonds. The first-order valence-electron chi connectivity index (χ1n) is 12.6. The van der Waals surface area contributed by atoms with Crippen LogP contribution in [0.5, 0.6) is 0 Å². The number of hydrogen-bond donors (Lipinski definition) is 0. The number of pyridine rings is 1. The van der Waals surface area contributed by atoms with E-state index in [0.29, 0.717) is 0 Å². The van der Waals surface area contributed by atoms with Crippen molar-refractivity contribution in [1.29, 1.82) is 0 Å². The van der Waals surface area contributed by atoms with Gasteiger partial charge in [0.2, 0.25) is 0 Å². The van der Waals surface area contributed by atoms with E-state index in [1.807, 2.05) is 0 Å². The highest BCUT2D eigenvalue weighted by Crippen LogP contribution is 2.29. The second-order valence-electron chi connectivity index (χ2n) is 9.44. The molecule has 0 radical (unpaired) electrons. The third-order valence-electron chi connectivity index (χ3n) is 7.27. The molecule has 2 aliphatic heterocycles. The van der Waals surface area contributed by atoms with Crippen molar-refractivity contribution in [3.63, 3.8) is 0 Å². The quantitative estimate of drug-likeness (QED) is 0.491. The van der Waals surface area contributed by atoms with Gasteiger partial charge in [-0.1, -0.05) is 43.3 Å². The van der Waals surface area contributed by atoms with Crippen LogP contribution in [0.2, 0.25) is 0 Å². The van der Waals surface area contributed by atoms with Gasteiger partial charge in [0.15, 0.2) is 0 Å². The Bertz CT molecular complexity index is 1100. The molecule has 0 saturated carbocycles. The number of anilines is 2. The van der Waals surface area contributed by atoms with Crippen molar-refractivity contribution < 1.29 is 0 Å². The Labute approximate surface area is 198 Å². The monoisotopic (exact) mass is 440 g/mol. The smallest absolute Gasteiger partial charge is 0.137 e. The maximum absolute atomic E-state index is 5.15. The maximum Gasteiger partial charge on any atom is 0.137 e. The number of piperidine rings is 1. The van der Waals surface area contributed by atoms with E-state index in [1.165, 1.54) is 59.9 Å². The molecule has 1 aromatic heterocycles. The second kappa shape index (κ2) is 9.96. The molecule has 4 heteroatoms. The zero-order chi connectivity index (χ0) is 22.6. The number of fused-ring (bicyclic) bond motifs is 1. The summed E-state index contributed by atoms with van der Waals surface area (Å²) in [4.78, 5) is 12.7. The molecule has 3 aromatic rings. The summed E-state index contributed by atoms with van der Waals surface area (Å²) in [5.41, 5.74) is 4.91. The molecule has 0 bridgehead atoms. The van der Waals surface area contributed by atoms with Crippen molar-refractivity contribution in [2.24, 2.45) is 0 Å². The van der Waals surface area contributed by atoms with E-state index in [4.69, 9.17) is 4.98 Å². The molecule has 5 rings (SSSR count). The van der Waals surface area contributed by atoms with Gasteiger partial charge in [0.25, 0.3) is 0 Å². The lowest BCUT2D eigenvalue weighted by atomic mass is 10.0. The fraction of sp³-hybridized carbons (Fsp3) is 0.414. The van der Waals surface area contributed by atoms with Crippen LogP contribution in [-0.4, -0.2) is 55.7 Å². The average molecular weight is 441 g/mol. The Morgan fingerprint density at radius 2 is 1.58 bits per heavy atom. The molecule has 4 nitrogen and oxygen atoms in total. The van der Waals surface area contributed by atoms with Gasteiger partial charge in [-0.2, -0.15) is 0 Å². The highest BCUT2D eigenvalue weighted by atomic mass is 15.3. The first-order valence-corrected chi connectivity index (χ1v) is 12.6. The Balaban J connectivity index is 1.42. The molecule has 2 aliphatic rings. The largest absolute Gasteiger partial charge is 0.372 e. The highest BCUT2D eigenvalue weighted by molar-refractivity contribution is 5.94. The standard InChI is InChI=1S/C29H36N4/c1-3-31-17-19-33(20-18-31)29-28-10-6-5-9-25(28)22-26(30-29)21-23(2)24-11-13-27(14-12-24)32-15-7-4-8-16-32/h5-6,9-14,21-22H,3-4,7-8,15-20H2,1-2H3/b23-21+. The molecule has 2 aromatic carbocycles. The van der Waals surface area contributed by atoms with Gasteiger partial charge in [-0.3, -0.25) is 0 Å². The lowest BCUT2D eigenvalue weighted by Crippen LogP contribution is -2.46. The molecule has 3 heterocycles. The summed E-state index contributed by atoms with van der Waals surface area (Å²) in [6.45, 7) is 12.2. The highest BCUT2D eigenvalue weighted by Gasteiger charge is 2.19. The first-order chi connectivity index (χ1) is 16.2. The SMILES string of the molecule is CCN1CCN(c2nc(/C=C(\C)c3ccc(N4CCCCC4)cc3)cc3ccccc23)CC1. The number of aromatic nitrogens is 1. The van der Waals surface area contributed by atoms with Gasteiger partial charge < -0.3 is 14.7 Å². The summed E-state index contributed by atoms with van der Waals surface area (Å²) in [6, 6.07) is 20.0. The van der Waals surface area contributed by atoms with Gasteiger partial charge >= 0.3 is 0 Å². The zero-order valence-electron chi connectivity index (χ0n) is 20.1. The normalized spacial score (nSPS) is 18.2. The number of rotatable bonds is 5. The van der Waals surface area contributed by atoms with Crippen LogP contribution >= 0.6 is 0 Å². The van der Waals surface area contributed by atoms with E-state index in [-0.39, 0.29) is 0 Å². The first kappa shape index (κ1) is 22.0. The van der Waals surface area contributed by atoms with Gasteiger partial charge in [0.1, 0.15) is 5.82 Å². The van der Waals surface area contributed by atoms with Crippen molar-refractivity contribution in [3.8, 4) is 0 Å². The average Bonchev–Trinajstić information content (AvgIpc) is 2.89. The second-order valence-corrected chi connectivity index (χ2v) is 9.44. The number of allylic oxidation sites excluding steroid dienone is 1. The fourth-order valence-corrected chi connectivity index (χ4v) is 5.18. The molecule has 2 fully saturated rings. The number of benzene rings is 2. The maximum atomic E-state index is 5.15. The number of piperazine rings is 1. The van der Waals surface area contributed by atoms with E-state index in [1.54, 1.807) is 0 Å². The molecule has 0 spiro atoms. The minimum absolute atomic E-state index is 1.04. The van der Waals surface area contributed by atoms with Crippen molar-refractivity contribution in [1.82, 2.24) is 9.88 Å². The molecular weight excluding hydrogens is 404 g/mol. The molecule has 2 saturated heterocycles. The summed E-state index contributed by atoms with van der Waals surface area (Å²) in [6.07, 6.45) is 6.23. The summed E-state index contributed by atoms with van der Waals surface area (Å²) in [5.74, 6) is 1.13. The summed E-state index contributed by atoms with van der Waals surface area (Å²) < 4.78 is 0. The van der Waals surface area contributed by atoms with Crippen LogP contribution in [-0.2, 0) is 0 Å². The van der Waals surface area contributed by atoms with Crippen LogP contribution in [0, 0.1) is 0 Å². The van der Waals surface area contributed by atoms with Crippen molar-refractivity contribution in [2.75, 3.05) is 55.6 Å². The minimum atomic E-state index is 1.04. The summed E-state index contributed by atoms with van der Waals surface area (Å²) in [5, 5.41) is 2.52. The van der Waals surface area contributed by atoms with Crippen LogP contribution in [0.1, 0.15) is 44.4 Å². The topological polar surface area (TPSA) is 22.6 Å². The van der Waals surface area contributed by atoms with Crippen LogP contribution < -0.4 is 9.80 Å². The predicted molar refractivity (Wildman–Crippen MR) is 142 cm³/mol. The molecule has 33 heavy (non-hydrogen) atoms. The van der Waals surface area contributed by atoms with Gasteiger partial charge in [-0.15, -0.1) is 0 Å². The van der Waals surface area contributed by atoms with E-state index in [2.05, 4.69) is 89.2 Å². The number of likely N-dealkylation sites (N-methyl/N-ethyl adjacent to an activating group) is 1. The van der Waals surface area contributed by atoms with Crippen LogP contribution in [0.15, 0.2) is 54.6 Å². The van der Waals surface area contributed by atoms with Crippen LogP contribution in [0.25, 0.3) is 22.4 Å². The lowest BCUT2D eigenvalue weighted by molar-refractivity contribution is 0.271. The molecule has 0 aliphatic carbocycles. The van der Waals surface area contributed by atoms with Crippen LogP contribution in [0.3, 0.4) is 0 Å². The molecular formula is C29H36N4. The van der Waals surface area contributed by atoms with Gasteiger partial charge in [0.05, 0.1) is 5.69 Å². The molecule has 0 N–H and O–H groups in total. The zero-order valence-corrected chi connectivity index (χ0v) is 20.1. The molecule has 0 atom stereocenters. The van der Waals surface area contributed by atoms with E-state index in [0.717, 1.165) is 44.2 Å². The van der Waals surface area contributed by atoms with Gasteiger partial charge in [-0.25, -0.2) is 4.98 Å². The predicted octanol–water partition coefficient (Wildman–Crippen LogP) is 5.93. The van der Waals surface area contributed by atoms with E-state index >= 15 is 0 Å². The Morgan fingerprint density at radius 3 is 2.30 bits per heavy atom. The number of nitrogens with zero attached hydrogens (tertiary/aromatic N) is 4. The third kappa shape index (κ3) is 4.91. The summed E-state index contributed by atoms with van der Waals surface area (Å²) in [7, 11) is 0. The van der Waals surface area contributed by atoms with Crippen molar-refractivity contribution in [2.45, 2.75) is 33.1 Å². The third-order valence-corrected chi connectivity index (χ3v) is 7.27. The van der Waals surface area contributed by atoms with Crippen molar-refractivity contribution >= 4 is 33.9 Å². The molecule has 172 valence electrons. The van der Waals surface area contributed by atoms with Crippen molar-refractivity contribution in [3.05, 3.63) is 65.9 Å². The number of hydrogen-bond acceptors (Lipinski definition) is 4. The van der Waals surface area contributed by atoms with E-state index in [9.17, 15) is 0 Å².